The number of aromatic nitrogens is 1. The van der Waals surface area contributed by atoms with E-state index in [-0.39, 0.29) is 11.3 Å². The van der Waals surface area contributed by atoms with Crippen LogP contribution in [0.5, 0.6) is 5.75 Å². The smallest absolute Gasteiger partial charge is 0.266 e. The molecule has 2 N–H and O–H groups in total. The van der Waals surface area contributed by atoms with Gasteiger partial charge in [-0.15, -0.1) is 11.3 Å². The highest BCUT2D eigenvalue weighted by Crippen LogP contribution is 2.41. The molecule has 0 fully saturated rings. The summed E-state index contributed by atoms with van der Waals surface area (Å²) in [7, 11) is 0. The second-order valence-corrected chi connectivity index (χ2v) is 8.39. The quantitative estimate of drug-likeness (QED) is 0.397. The first-order chi connectivity index (χ1) is 13.5. The van der Waals surface area contributed by atoms with Gasteiger partial charge in [0.05, 0.1) is 5.52 Å². The molecule has 2 aromatic heterocycles. The van der Waals surface area contributed by atoms with Crippen LogP contribution in [-0.4, -0.2) is 10.1 Å². The van der Waals surface area contributed by atoms with Crippen molar-refractivity contribution in [2.75, 3.05) is 0 Å². The molecule has 0 bridgehead atoms. The Labute approximate surface area is 168 Å². The van der Waals surface area contributed by atoms with E-state index < -0.39 is 0 Å². The van der Waals surface area contributed by atoms with Gasteiger partial charge in [-0.25, -0.2) is 0 Å². The fraction of sp³-hybridized carbons (Fsp3) is 0.292. The minimum absolute atomic E-state index is 0.0714. The third-order valence-corrected chi connectivity index (χ3v) is 6.60. The molecule has 0 unspecified atom stereocenters. The van der Waals surface area contributed by atoms with Gasteiger partial charge in [0.15, 0.2) is 0 Å². The number of thiophene rings is 1. The summed E-state index contributed by atoms with van der Waals surface area (Å²) in [5.41, 5.74) is 4.70. The molecule has 3 nitrogen and oxygen atoms in total. The lowest BCUT2D eigenvalue weighted by atomic mass is 9.89. The fourth-order valence-electron chi connectivity index (χ4n) is 4.25. The van der Waals surface area contributed by atoms with Gasteiger partial charge >= 0.3 is 0 Å². The number of aromatic amines is 1. The molecule has 0 aliphatic heterocycles. The fourth-order valence-corrected chi connectivity index (χ4v) is 5.05. The van der Waals surface area contributed by atoms with Crippen molar-refractivity contribution in [2.45, 2.75) is 46.0 Å². The molecule has 144 valence electrons. The van der Waals surface area contributed by atoms with Crippen molar-refractivity contribution < 1.29 is 5.11 Å². The van der Waals surface area contributed by atoms with Crippen molar-refractivity contribution in [1.29, 1.82) is 0 Å². The van der Waals surface area contributed by atoms with E-state index in [2.05, 4.69) is 43.1 Å². The molecule has 4 heteroatoms. The van der Waals surface area contributed by atoms with Crippen molar-refractivity contribution in [3.8, 4) is 16.9 Å². The number of pyridine rings is 1. The highest BCUT2D eigenvalue weighted by molar-refractivity contribution is 7.17. The molecular weight excluding hydrogens is 366 g/mol. The second-order valence-electron chi connectivity index (χ2n) is 7.47. The van der Waals surface area contributed by atoms with Crippen molar-refractivity contribution in [3.63, 3.8) is 0 Å². The normalized spacial score (nSPS) is 12.7. The van der Waals surface area contributed by atoms with Gasteiger partial charge in [-0.05, 0) is 59.9 Å². The highest BCUT2D eigenvalue weighted by Gasteiger charge is 2.18. The van der Waals surface area contributed by atoms with Gasteiger partial charge < -0.3 is 10.1 Å². The molecule has 0 spiro atoms. The third-order valence-electron chi connectivity index (χ3n) is 5.68. The summed E-state index contributed by atoms with van der Waals surface area (Å²) >= 11 is 1.43. The van der Waals surface area contributed by atoms with Crippen molar-refractivity contribution >= 4 is 32.3 Å². The van der Waals surface area contributed by atoms with Gasteiger partial charge in [0.25, 0.3) is 5.56 Å². The third kappa shape index (κ3) is 3.02. The molecule has 0 aliphatic rings. The van der Waals surface area contributed by atoms with Crippen LogP contribution in [0.3, 0.4) is 0 Å². The van der Waals surface area contributed by atoms with E-state index >= 15 is 0 Å². The summed E-state index contributed by atoms with van der Waals surface area (Å²) < 4.78 is 0.698. The number of phenolic OH excluding ortho intramolecular Hbond substituents is 1. The molecule has 0 radical (unpaired) electrons. The SMILES string of the molecule is CCC[C@H](CC)c1ccc(-c2c(O)cc(C)c3[nH]c(=O)c4sccc4c23)cc1. The van der Waals surface area contributed by atoms with Crippen molar-refractivity contribution in [2.24, 2.45) is 0 Å². The van der Waals surface area contributed by atoms with Gasteiger partial charge in [0.1, 0.15) is 10.4 Å². The molecule has 28 heavy (non-hydrogen) atoms. The van der Waals surface area contributed by atoms with Crippen molar-refractivity contribution in [1.82, 2.24) is 4.98 Å². The molecule has 0 saturated carbocycles. The summed E-state index contributed by atoms with van der Waals surface area (Å²) in [6, 6.07) is 12.3. The molecule has 1 atom stereocenters. The Morgan fingerprint density at radius 1 is 1.14 bits per heavy atom. The Hall–Kier alpha value is -2.59. The van der Waals surface area contributed by atoms with Crippen molar-refractivity contribution in [3.05, 3.63) is 63.3 Å². The molecular formula is C24H25NO2S. The standard InChI is InChI=1S/C24H25NO2S/c1-4-6-15(5-2)16-7-9-17(10-8-16)20-19(26)13-14(3)22-21(20)18-11-12-28-23(18)24(27)25-22/h7-13,15,26H,4-6H2,1-3H3,(H,25,27)/t15-/m0/s1. The minimum atomic E-state index is -0.0714. The van der Waals surface area contributed by atoms with Crippen LogP contribution in [0.15, 0.2) is 46.6 Å². The number of rotatable bonds is 5. The molecule has 4 rings (SSSR count). The minimum Gasteiger partial charge on any atom is -0.507 e. The maximum atomic E-state index is 12.4. The zero-order valence-electron chi connectivity index (χ0n) is 16.5. The first-order valence-electron chi connectivity index (χ1n) is 9.91. The Morgan fingerprint density at radius 3 is 2.57 bits per heavy atom. The molecule has 0 amide bonds. The van der Waals surface area contributed by atoms with Gasteiger partial charge in [-0.3, -0.25) is 4.79 Å². The molecule has 0 saturated heterocycles. The number of benzene rings is 2. The predicted octanol–water partition coefficient (Wildman–Crippen LogP) is 6.72. The molecule has 4 aromatic rings. The van der Waals surface area contributed by atoms with E-state index in [1.807, 2.05) is 18.4 Å². The van der Waals surface area contributed by atoms with E-state index in [4.69, 9.17) is 0 Å². The van der Waals surface area contributed by atoms with Crippen LogP contribution < -0.4 is 5.56 Å². The van der Waals surface area contributed by atoms with Crippen LogP contribution in [0, 0.1) is 6.92 Å². The number of phenols is 1. The van der Waals surface area contributed by atoms with Crippen LogP contribution >= 0.6 is 11.3 Å². The van der Waals surface area contributed by atoms with Crippen LogP contribution in [0.2, 0.25) is 0 Å². The average molecular weight is 392 g/mol. The number of hydrogen-bond acceptors (Lipinski definition) is 3. The van der Waals surface area contributed by atoms with Crippen LogP contribution in [0.4, 0.5) is 0 Å². The Kier molecular flexibility index (Phi) is 4.98. The monoisotopic (exact) mass is 391 g/mol. The first kappa shape index (κ1) is 18.8. The van der Waals surface area contributed by atoms with E-state index in [0.29, 0.717) is 10.6 Å². The summed E-state index contributed by atoms with van der Waals surface area (Å²) in [6.07, 6.45) is 3.49. The zero-order valence-corrected chi connectivity index (χ0v) is 17.3. The van der Waals surface area contributed by atoms with Gasteiger partial charge in [0, 0.05) is 16.3 Å². The Balaban J connectivity index is 1.96. The van der Waals surface area contributed by atoms with E-state index in [9.17, 15) is 9.90 Å². The Morgan fingerprint density at radius 2 is 1.89 bits per heavy atom. The predicted molar refractivity (Wildman–Crippen MR) is 120 cm³/mol. The van der Waals surface area contributed by atoms with Gasteiger partial charge in [0.2, 0.25) is 0 Å². The van der Waals surface area contributed by atoms with E-state index in [0.717, 1.165) is 39.4 Å². The lowest BCUT2D eigenvalue weighted by Crippen LogP contribution is -2.06. The summed E-state index contributed by atoms with van der Waals surface area (Å²) in [4.78, 5) is 15.5. The van der Waals surface area contributed by atoms with E-state index in [1.165, 1.54) is 29.7 Å². The number of aryl methyl sites for hydroxylation is 1. The highest BCUT2D eigenvalue weighted by atomic mass is 32.1. The number of H-pyrrole nitrogens is 1. The van der Waals surface area contributed by atoms with Gasteiger partial charge in [-0.1, -0.05) is 44.5 Å². The summed E-state index contributed by atoms with van der Waals surface area (Å²) in [5.74, 6) is 0.820. The summed E-state index contributed by atoms with van der Waals surface area (Å²) in [6.45, 7) is 6.37. The van der Waals surface area contributed by atoms with Crippen LogP contribution in [0.1, 0.15) is 50.2 Å². The first-order valence-corrected chi connectivity index (χ1v) is 10.8. The second kappa shape index (κ2) is 7.44. The maximum Gasteiger partial charge on any atom is 0.266 e. The van der Waals surface area contributed by atoms with E-state index in [1.54, 1.807) is 6.07 Å². The molecule has 0 aliphatic carbocycles. The average Bonchev–Trinajstić information content (AvgIpc) is 3.18. The maximum absolute atomic E-state index is 12.4. The molecule has 2 heterocycles. The topological polar surface area (TPSA) is 53.1 Å². The number of fused-ring (bicyclic) bond motifs is 3. The lowest BCUT2D eigenvalue weighted by Gasteiger charge is -2.16. The largest absolute Gasteiger partial charge is 0.507 e. The van der Waals surface area contributed by atoms with Gasteiger partial charge in [-0.2, -0.15) is 0 Å². The summed E-state index contributed by atoms with van der Waals surface area (Å²) in [5, 5.41) is 14.6. The Bertz CT molecular complexity index is 1200. The lowest BCUT2D eigenvalue weighted by molar-refractivity contribution is 0.477. The van der Waals surface area contributed by atoms with Crippen LogP contribution in [0.25, 0.3) is 32.1 Å². The number of aromatic hydroxyl groups is 1. The number of nitrogens with one attached hydrogen (secondary N) is 1. The molecule has 2 aromatic carbocycles. The van der Waals surface area contributed by atoms with Crippen LogP contribution in [-0.2, 0) is 0 Å². The zero-order chi connectivity index (χ0) is 19.8. The number of hydrogen-bond donors (Lipinski definition) is 2.